The summed E-state index contributed by atoms with van der Waals surface area (Å²) in [5.74, 6) is 0. The van der Waals surface area contributed by atoms with Gasteiger partial charge in [-0.3, -0.25) is 4.99 Å². The second-order valence-electron chi connectivity index (χ2n) is 3.38. The van der Waals surface area contributed by atoms with Gasteiger partial charge in [0.2, 0.25) is 0 Å². The van der Waals surface area contributed by atoms with E-state index in [9.17, 15) is 4.91 Å². The number of aliphatic imine (C=N–C) groups is 1. The van der Waals surface area contributed by atoms with E-state index in [0.29, 0.717) is 12.1 Å². The normalized spacial score (nSPS) is 22.6. The SMILES string of the molecule is CC1=C(N=O)C=NC(OC(C)C)C1. The molecule has 1 aliphatic heterocycles. The number of rotatable bonds is 3. The number of ether oxygens (including phenoxy) is 1. The molecule has 72 valence electrons. The molecule has 0 fully saturated rings. The van der Waals surface area contributed by atoms with Crippen molar-refractivity contribution in [3.05, 3.63) is 16.2 Å². The van der Waals surface area contributed by atoms with Crippen molar-refractivity contribution in [3.8, 4) is 0 Å². The van der Waals surface area contributed by atoms with Gasteiger partial charge < -0.3 is 4.74 Å². The molecule has 0 aliphatic carbocycles. The van der Waals surface area contributed by atoms with Crippen molar-refractivity contribution in [2.24, 2.45) is 10.2 Å². The number of allylic oxidation sites excluding steroid dienone is 1. The zero-order valence-electron chi connectivity index (χ0n) is 8.15. The van der Waals surface area contributed by atoms with E-state index >= 15 is 0 Å². The van der Waals surface area contributed by atoms with Gasteiger partial charge in [-0.05, 0) is 31.5 Å². The van der Waals surface area contributed by atoms with Gasteiger partial charge in [-0.15, -0.1) is 4.91 Å². The van der Waals surface area contributed by atoms with Crippen LogP contribution in [0, 0.1) is 4.91 Å². The van der Waals surface area contributed by atoms with Crippen LogP contribution in [-0.4, -0.2) is 18.5 Å². The summed E-state index contributed by atoms with van der Waals surface area (Å²) in [6.07, 6.45) is 2.15. The summed E-state index contributed by atoms with van der Waals surface area (Å²) < 4.78 is 5.48. The van der Waals surface area contributed by atoms with Crippen molar-refractivity contribution in [2.45, 2.75) is 39.5 Å². The predicted molar refractivity (Wildman–Crippen MR) is 51.6 cm³/mol. The lowest BCUT2D eigenvalue weighted by Gasteiger charge is -2.19. The Morgan fingerprint density at radius 1 is 1.69 bits per heavy atom. The fourth-order valence-corrected chi connectivity index (χ4v) is 1.18. The maximum atomic E-state index is 10.3. The molecule has 0 saturated heterocycles. The number of dihydropyridines is 1. The Morgan fingerprint density at radius 3 is 2.85 bits per heavy atom. The van der Waals surface area contributed by atoms with E-state index in [4.69, 9.17) is 4.74 Å². The molecule has 13 heavy (non-hydrogen) atoms. The zero-order chi connectivity index (χ0) is 9.84. The standard InChI is InChI=1S/C9H14N2O2/c1-6(2)13-9-4-7(3)8(11-12)5-10-9/h5-6,9H,4H2,1-3H3. The highest BCUT2D eigenvalue weighted by Gasteiger charge is 2.16. The van der Waals surface area contributed by atoms with E-state index in [2.05, 4.69) is 10.2 Å². The highest BCUT2D eigenvalue weighted by molar-refractivity contribution is 5.80. The third kappa shape index (κ3) is 2.73. The maximum Gasteiger partial charge on any atom is 0.152 e. The average molecular weight is 182 g/mol. The van der Waals surface area contributed by atoms with Crippen molar-refractivity contribution >= 4 is 6.21 Å². The Morgan fingerprint density at radius 2 is 2.38 bits per heavy atom. The van der Waals surface area contributed by atoms with Gasteiger partial charge in [0.15, 0.2) is 6.23 Å². The molecule has 1 atom stereocenters. The van der Waals surface area contributed by atoms with Crippen LogP contribution in [-0.2, 0) is 4.74 Å². The summed E-state index contributed by atoms with van der Waals surface area (Å²) in [5, 5.41) is 2.87. The fourth-order valence-electron chi connectivity index (χ4n) is 1.18. The molecule has 1 aliphatic rings. The summed E-state index contributed by atoms with van der Waals surface area (Å²) in [5.41, 5.74) is 1.37. The number of nitrogens with zero attached hydrogens (tertiary/aromatic N) is 2. The van der Waals surface area contributed by atoms with Crippen LogP contribution in [0.3, 0.4) is 0 Å². The summed E-state index contributed by atoms with van der Waals surface area (Å²) >= 11 is 0. The van der Waals surface area contributed by atoms with Gasteiger partial charge in [0, 0.05) is 6.42 Å². The van der Waals surface area contributed by atoms with Gasteiger partial charge in [0.05, 0.1) is 12.3 Å². The largest absolute Gasteiger partial charge is 0.354 e. The maximum absolute atomic E-state index is 10.3. The van der Waals surface area contributed by atoms with E-state index < -0.39 is 0 Å². The van der Waals surface area contributed by atoms with Crippen LogP contribution < -0.4 is 0 Å². The third-order valence-corrected chi connectivity index (χ3v) is 1.81. The summed E-state index contributed by atoms with van der Waals surface area (Å²) in [4.78, 5) is 14.3. The smallest absolute Gasteiger partial charge is 0.152 e. The molecular weight excluding hydrogens is 168 g/mol. The quantitative estimate of drug-likeness (QED) is 0.628. The molecule has 1 rings (SSSR count). The van der Waals surface area contributed by atoms with Gasteiger partial charge in [-0.2, -0.15) is 0 Å². The highest BCUT2D eigenvalue weighted by atomic mass is 16.5. The van der Waals surface area contributed by atoms with Gasteiger partial charge in [0.1, 0.15) is 5.70 Å². The average Bonchev–Trinajstić information content (AvgIpc) is 2.03. The van der Waals surface area contributed by atoms with Gasteiger partial charge in [-0.25, -0.2) is 0 Å². The molecule has 0 amide bonds. The first-order valence-corrected chi connectivity index (χ1v) is 4.35. The Hall–Kier alpha value is -1.03. The first kappa shape index (κ1) is 10.1. The molecule has 0 spiro atoms. The van der Waals surface area contributed by atoms with Crippen LogP contribution in [0.4, 0.5) is 0 Å². The van der Waals surface area contributed by atoms with Crippen molar-refractivity contribution in [2.75, 3.05) is 0 Å². The van der Waals surface area contributed by atoms with Crippen LogP contribution in [0.25, 0.3) is 0 Å². The Labute approximate surface area is 77.7 Å². The molecule has 0 saturated carbocycles. The van der Waals surface area contributed by atoms with Crippen LogP contribution in [0.2, 0.25) is 0 Å². The number of hydrogen-bond donors (Lipinski definition) is 0. The zero-order valence-corrected chi connectivity index (χ0v) is 8.15. The molecule has 0 N–H and O–H groups in total. The van der Waals surface area contributed by atoms with E-state index in [1.165, 1.54) is 6.21 Å². The van der Waals surface area contributed by atoms with E-state index in [1.54, 1.807) is 0 Å². The second kappa shape index (κ2) is 4.28. The molecule has 0 bridgehead atoms. The topological polar surface area (TPSA) is 51.0 Å². The molecule has 0 radical (unpaired) electrons. The van der Waals surface area contributed by atoms with Gasteiger partial charge >= 0.3 is 0 Å². The molecule has 0 aromatic carbocycles. The molecule has 1 heterocycles. The minimum Gasteiger partial charge on any atom is -0.354 e. The first-order valence-electron chi connectivity index (χ1n) is 4.35. The van der Waals surface area contributed by atoms with Crippen molar-refractivity contribution in [1.29, 1.82) is 0 Å². The van der Waals surface area contributed by atoms with Crippen LogP contribution >= 0.6 is 0 Å². The molecule has 0 aromatic rings. The lowest BCUT2D eigenvalue weighted by Crippen LogP contribution is -2.19. The fraction of sp³-hybridized carbons (Fsp3) is 0.667. The monoisotopic (exact) mass is 182 g/mol. The Balaban J connectivity index is 2.59. The van der Waals surface area contributed by atoms with Crippen LogP contribution in [0.15, 0.2) is 21.4 Å². The van der Waals surface area contributed by atoms with Crippen molar-refractivity contribution < 1.29 is 4.74 Å². The molecule has 4 nitrogen and oxygen atoms in total. The van der Waals surface area contributed by atoms with Gasteiger partial charge in [-0.1, -0.05) is 0 Å². The van der Waals surface area contributed by atoms with Crippen LogP contribution in [0.1, 0.15) is 27.2 Å². The summed E-state index contributed by atoms with van der Waals surface area (Å²) in [6, 6.07) is 0. The lowest BCUT2D eigenvalue weighted by atomic mass is 10.1. The summed E-state index contributed by atoms with van der Waals surface area (Å²) in [6.45, 7) is 5.79. The molecule has 1 unspecified atom stereocenters. The van der Waals surface area contributed by atoms with E-state index in [0.717, 1.165) is 5.57 Å². The molecule has 0 aromatic heterocycles. The number of nitroso groups, excluding NO2 is 1. The minimum atomic E-state index is -0.148. The highest BCUT2D eigenvalue weighted by Crippen LogP contribution is 2.19. The van der Waals surface area contributed by atoms with Crippen LogP contribution in [0.5, 0.6) is 0 Å². The van der Waals surface area contributed by atoms with E-state index in [-0.39, 0.29) is 12.3 Å². The lowest BCUT2D eigenvalue weighted by molar-refractivity contribution is 0.0133. The third-order valence-electron chi connectivity index (χ3n) is 1.81. The Bertz CT molecular complexity index is 256. The molecule has 4 heteroatoms. The first-order chi connectivity index (χ1) is 6.13. The van der Waals surface area contributed by atoms with Crippen molar-refractivity contribution in [1.82, 2.24) is 0 Å². The summed E-state index contributed by atoms with van der Waals surface area (Å²) in [7, 11) is 0. The van der Waals surface area contributed by atoms with E-state index in [1.807, 2.05) is 20.8 Å². The van der Waals surface area contributed by atoms with Crippen molar-refractivity contribution in [3.63, 3.8) is 0 Å². The van der Waals surface area contributed by atoms with Gasteiger partial charge in [0.25, 0.3) is 0 Å². The Kier molecular flexibility index (Phi) is 3.31. The number of hydrogen-bond acceptors (Lipinski definition) is 4. The molecular formula is C9H14N2O2. The predicted octanol–water partition coefficient (Wildman–Crippen LogP) is 2.25. The second-order valence-corrected chi connectivity index (χ2v) is 3.38. The minimum absolute atomic E-state index is 0.148.